The van der Waals surface area contributed by atoms with E-state index in [1.165, 1.54) is 0 Å². The van der Waals surface area contributed by atoms with Crippen molar-refractivity contribution in [3.05, 3.63) is 29.1 Å². The minimum Gasteiger partial charge on any atom is -0.454 e. The van der Waals surface area contributed by atoms with Gasteiger partial charge in [-0.15, -0.1) is 0 Å². The average Bonchev–Trinajstić information content (AvgIpc) is 2.54. The van der Waals surface area contributed by atoms with Crippen molar-refractivity contribution in [2.45, 2.75) is 25.6 Å². The molecule has 1 aliphatic rings. The van der Waals surface area contributed by atoms with Gasteiger partial charge in [0.15, 0.2) is 0 Å². The number of pyridine rings is 1. The summed E-state index contributed by atoms with van der Waals surface area (Å²) in [7, 11) is 0. The third-order valence-electron chi connectivity index (χ3n) is 2.41. The highest BCUT2D eigenvalue weighted by Crippen LogP contribution is 2.36. The topological polar surface area (TPSA) is 39.2 Å². The Labute approximate surface area is 89.2 Å². The van der Waals surface area contributed by atoms with Crippen molar-refractivity contribution >= 4 is 5.97 Å². The second-order valence-corrected chi connectivity index (χ2v) is 3.46. The van der Waals surface area contributed by atoms with Crippen LogP contribution >= 0.6 is 0 Å². The molecule has 1 aromatic rings. The van der Waals surface area contributed by atoms with Gasteiger partial charge in [0, 0.05) is 11.8 Å². The highest BCUT2D eigenvalue weighted by molar-refractivity contribution is 5.93. The zero-order valence-electron chi connectivity index (χ0n) is 8.34. The number of aromatic nitrogens is 1. The first kappa shape index (κ1) is 10.9. The van der Waals surface area contributed by atoms with Crippen LogP contribution in [0.2, 0.25) is 0 Å². The largest absolute Gasteiger partial charge is 0.454 e. The summed E-state index contributed by atoms with van der Waals surface area (Å²) >= 11 is 0. The molecule has 0 bridgehead atoms. The summed E-state index contributed by atoms with van der Waals surface area (Å²) in [6, 6.07) is 0.883. The highest BCUT2D eigenvalue weighted by Gasteiger charge is 2.37. The van der Waals surface area contributed by atoms with Gasteiger partial charge in [0.05, 0.1) is 5.56 Å². The smallest absolute Gasteiger partial charge is 0.433 e. The van der Waals surface area contributed by atoms with Gasteiger partial charge in [-0.1, -0.05) is 6.92 Å². The van der Waals surface area contributed by atoms with Gasteiger partial charge in [-0.3, -0.25) is 4.98 Å². The van der Waals surface area contributed by atoms with E-state index < -0.39 is 23.9 Å². The Morgan fingerprint density at radius 1 is 1.50 bits per heavy atom. The van der Waals surface area contributed by atoms with Gasteiger partial charge in [0.2, 0.25) is 0 Å². The fourth-order valence-corrected chi connectivity index (χ4v) is 1.62. The molecule has 1 unspecified atom stereocenters. The van der Waals surface area contributed by atoms with Crippen LogP contribution < -0.4 is 0 Å². The number of fused-ring (bicyclic) bond motifs is 1. The summed E-state index contributed by atoms with van der Waals surface area (Å²) in [5.41, 5.74) is -0.599. The molecule has 1 atom stereocenters. The van der Waals surface area contributed by atoms with Crippen LogP contribution in [0.25, 0.3) is 0 Å². The van der Waals surface area contributed by atoms with Crippen molar-refractivity contribution in [1.29, 1.82) is 0 Å². The Hall–Kier alpha value is -1.59. The molecule has 6 heteroatoms. The molecule has 0 spiro atoms. The van der Waals surface area contributed by atoms with Crippen LogP contribution in [-0.2, 0) is 10.9 Å². The Morgan fingerprint density at radius 2 is 2.19 bits per heavy atom. The quantitative estimate of drug-likeness (QED) is 0.697. The molecule has 0 N–H and O–H groups in total. The number of esters is 1. The van der Waals surface area contributed by atoms with Crippen LogP contribution in [0.4, 0.5) is 13.2 Å². The number of hydrogen-bond donors (Lipinski definition) is 0. The van der Waals surface area contributed by atoms with Crippen molar-refractivity contribution in [3.63, 3.8) is 0 Å². The molecule has 2 heterocycles. The molecule has 86 valence electrons. The Morgan fingerprint density at radius 3 is 2.75 bits per heavy atom. The molecule has 0 radical (unpaired) electrons. The van der Waals surface area contributed by atoms with Crippen LogP contribution in [0.15, 0.2) is 12.3 Å². The van der Waals surface area contributed by atoms with Crippen LogP contribution in [0.5, 0.6) is 0 Å². The zero-order chi connectivity index (χ0) is 11.9. The molecule has 0 saturated heterocycles. The SMILES string of the molecule is CCC1OC(=O)c2cnc(C(F)(F)F)cc21. The lowest BCUT2D eigenvalue weighted by molar-refractivity contribution is -0.141. The molecule has 2 rings (SSSR count). The summed E-state index contributed by atoms with van der Waals surface area (Å²) in [6.07, 6.45) is -3.72. The van der Waals surface area contributed by atoms with Gasteiger partial charge < -0.3 is 4.74 Å². The fraction of sp³-hybridized carbons (Fsp3) is 0.400. The van der Waals surface area contributed by atoms with Gasteiger partial charge in [0.1, 0.15) is 11.8 Å². The van der Waals surface area contributed by atoms with Gasteiger partial charge in [-0.25, -0.2) is 4.79 Å². The van der Waals surface area contributed by atoms with Gasteiger partial charge in [-0.2, -0.15) is 13.2 Å². The summed E-state index contributed by atoms with van der Waals surface area (Å²) < 4.78 is 42.1. The van der Waals surface area contributed by atoms with Crippen molar-refractivity contribution in [3.8, 4) is 0 Å². The molecule has 0 amide bonds. The van der Waals surface area contributed by atoms with E-state index in [-0.39, 0.29) is 11.1 Å². The minimum absolute atomic E-state index is 0.125. The lowest BCUT2D eigenvalue weighted by atomic mass is 10.0. The van der Waals surface area contributed by atoms with Crippen LogP contribution in [0.1, 0.15) is 41.1 Å². The number of nitrogens with zero attached hydrogens (tertiary/aromatic N) is 1. The van der Waals surface area contributed by atoms with E-state index in [0.717, 1.165) is 12.3 Å². The summed E-state index contributed by atoms with van der Waals surface area (Å²) in [6.45, 7) is 1.74. The van der Waals surface area contributed by atoms with E-state index in [0.29, 0.717) is 6.42 Å². The van der Waals surface area contributed by atoms with Gasteiger partial charge in [-0.05, 0) is 12.5 Å². The molecule has 0 saturated carbocycles. The Kier molecular flexibility index (Phi) is 2.36. The van der Waals surface area contributed by atoms with E-state index in [1.54, 1.807) is 6.92 Å². The van der Waals surface area contributed by atoms with Crippen molar-refractivity contribution in [2.75, 3.05) is 0 Å². The maximum atomic E-state index is 12.4. The molecular formula is C10H8F3NO2. The number of carbonyl (C=O) groups is 1. The Balaban J connectivity index is 2.50. The molecule has 1 aromatic heterocycles. The summed E-state index contributed by atoms with van der Waals surface area (Å²) in [5.74, 6) is -0.608. The van der Waals surface area contributed by atoms with Crippen LogP contribution in [0.3, 0.4) is 0 Å². The number of carbonyl (C=O) groups excluding carboxylic acids is 1. The predicted molar refractivity (Wildman–Crippen MR) is 47.7 cm³/mol. The molecular weight excluding hydrogens is 223 g/mol. The third-order valence-corrected chi connectivity index (χ3v) is 2.41. The molecule has 16 heavy (non-hydrogen) atoms. The second-order valence-electron chi connectivity index (χ2n) is 3.46. The molecule has 3 nitrogen and oxygen atoms in total. The maximum absolute atomic E-state index is 12.4. The van der Waals surface area contributed by atoms with Crippen LogP contribution in [-0.4, -0.2) is 11.0 Å². The Bertz CT molecular complexity index is 442. The van der Waals surface area contributed by atoms with E-state index >= 15 is 0 Å². The normalized spacial score (nSPS) is 19.5. The van der Waals surface area contributed by atoms with Gasteiger partial charge >= 0.3 is 12.1 Å². The maximum Gasteiger partial charge on any atom is 0.433 e. The van der Waals surface area contributed by atoms with E-state index in [2.05, 4.69) is 4.98 Å². The monoisotopic (exact) mass is 231 g/mol. The molecule has 0 fully saturated rings. The van der Waals surface area contributed by atoms with Gasteiger partial charge in [0.25, 0.3) is 0 Å². The lowest BCUT2D eigenvalue weighted by Crippen LogP contribution is -2.09. The fourth-order valence-electron chi connectivity index (χ4n) is 1.62. The predicted octanol–water partition coefficient (Wildman–Crippen LogP) is 2.72. The minimum atomic E-state index is -4.50. The van der Waals surface area contributed by atoms with Crippen LogP contribution in [0, 0.1) is 0 Å². The third kappa shape index (κ3) is 1.64. The number of hydrogen-bond acceptors (Lipinski definition) is 3. The summed E-state index contributed by atoms with van der Waals surface area (Å²) in [4.78, 5) is 14.5. The average molecular weight is 231 g/mol. The number of alkyl halides is 3. The number of cyclic esters (lactones) is 1. The van der Waals surface area contributed by atoms with Crippen molar-refractivity contribution in [2.24, 2.45) is 0 Å². The standard InChI is InChI=1S/C10H8F3NO2/c1-2-7-5-3-8(10(11,12)13)14-4-6(5)9(15)16-7/h3-4,7H,2H2,1H3. The first-order chi connectivity index (χ1) is 7.43. The van der Waals surface area contributed by atoms with Crippen molar-refractivity contribution in [1.82, 2.24) is 4.98 Å². The number of halogens is 3. The summed E-state index contributed by atoms with van der Waals surface area (Å²) in [5, 5.41) is 0. The lowest BCUT2D eigenvalue weighted by Gasteiger charge is -2.09. The number of ether oxygens (including phenoxy) is 1. The van der Waals surface area contributed by atoms with Crippen molar-refractivity contribution < 1.29 is 22.7 Å². The number of rotatable bonds is 1. The van der Waals surface area contributed by atoms with E-state index in [4.69, 9.17) is 4.74 Å². The molecule has 1 aliphatic heterocycles. The highest BCUT2D eigenvalue weighted by atomic mass is 19.4. The van der Waals surface area contributed by atoms with E-state index in [9.17, 15) is 18.0 Å². The second kappa shape index (κ2) is 3.47. The zero-order valence-corrected chi connectivity index (χ0v) is 8.34. The first-order valence-electron chi connectivity index (χ1n) is 4.71. The molecule has 0 aliphatic carbocycles. The van der Waals surface area contributed by atoms with E-state index in [1.807, 2.05) is 0 Å². The first-order valence-corrected chi connectivity index (χ1v) is 4.71. The molecule has 0 aromatic carbocycles.